The molecule has 7 heteroatoms. The fourth-order valence-corrected chi connectivity index (χ4v) is 2.27. The van der Waals surface area contributed by atoms with E-state index in [1.165, 1.54) is 31.4 Å². The molecule has 27 heavy (non-hydrogen) atoms. The Morgan fingerprint density at radius 3 is 2.19 bits per heavy atom. The molecule has 0 spiro atoms. The van der Waals surface area contributed by atoms with Gasteiger partial charge in [-0.1, -0.05) is 44.1 Å². The molecule has 0 bridgehead atoms. The molecule has 0 aromatic rings. The van der Waals surface area contributed by atoms with Crippen molar-refractivity contribution in [1.82, 2.24) is 0 Å². The highest BCUT2D eigenvalue weighted by atomic mass is 16.6. The first-order valence-electron chi connectivity index (χ1n) is 9.34. The Morgan fingerprint density at radius 2 is 1.56 bits per heavy atom. The molecule has 0 rings (SSSR count). The predicted molar refractivity (Wildman–Crippen MR) is 106 cm³/mol. The van der Waals surface area contributed by atoms with Crippen LogP contribution in [0.25, 0.3) is 0 Å². The predicted octanol–water partition coefficient (Wildman–Crippen LogP) is 5.45. The molecule has 1 radical (unpaired) electrons. The van der Waals surface area contributed by atoms with Crippen molar-refractivity contribution in [3.63, 3.8) is 0 Å². The summed E-state index contributed by atoms with van der Waals surface area (Å²) in [6.07, 6.45) is 18.7. The number of nitrogens with zero attached hydrogens (tertiary/aromatic N) is 2. The first-order valence-corrected chi connectivity index (χ1v) is 9.34. The van der Waals surface area contributed by atoms with Crippen LogP contribution in [0, 0.1) is 20.2 Å². The van der Waals surface area contributed by atoms with E-state index in [-0.39, 0.29) is 30.7 Å². The molecule has 0 N–H and O–H groups in total. The van der Waals surface area contributed by atoms with Gasteiger partial charge in [0.2, 0.25) is 11.4 Å². The third-order valence-electron chi connectivity index (χ3n) is 3.80. The summed E-state index contributed by atoms with van der Waals surface area (Å²) in [6.45, 7) is 2.17. The molecule has 0 saturated heterocycles. The summed E-state index contributed by atoms with van der Waals surface area (Å²) in [6, 6.07) is 0. The Bertz CT molecular complexity index is 577. The van der Waals surface area contributed by atoms with Crippen molar-refractivity contribution in [1.29, 1.82) is 0 Å². The zero-order valence-corrected chi connectivity index (χ0v) is 16.0. The van der Waals surface area contributed by atoms with Crippen LogP contribution in [-0.2, 0) is 4.79 Å². The van der Waals surface area contributed by atoms with Gasteiger partial charge in [-0.3, -0.25) is 25.0 Å². The maximum absolute atomic E-state index is 11.1. The van der Waals surface area contributed by atoms with Gasteiger partial charge in [-0.25, -0.2) is 0 Å². The van der Waals surface area contributed by atoms with Gasteiger partial charge < -0.3 is 0 Å². The summed E-state index contributed by atoms with van der Waals surface area (Å²) in [7, 11) is 0. The van der Waals surface area contributed by atoms with Crippen LogP contribution in [0.15, 0.2) is 47.9 Å². The van der Waals surface area contributed by atoms with Crippen LogP contribution in [0.5, 0.6) is 0 Å². The monoisotopic (exact) mass is 377 g/mol. The highest BCUT2D eigenvalue weighted by molar-refractivity contribution is 5.50. The van der Waals surface area contributed by atoms with E-state index in [2.05, 4.69) is 19.1 Å². The number of unbranched alkanes of at least 4 members (excludes halogenated alkanes) is 4. The molecule has 149 valence electrons. The summed E-state index contributed by atoms with van der Waals surface area (Å²) < 4.78 is 0. The molecular formula is C20H29N2O5. The van der Waals surface area contributed by atoms with Crippen molar-refractivity contribution in [3.05, 3.63) is 68.1 Å². The van der Waals surface area contributed by atoms with Gasteiger partial charge in [0.1, 0.15) is 0 Å². The molecule has 0 amide bonds. The fraction of sp³-hybridized carbons (Fsp3) is 0.550. The fourth-order valence-electron chi connectivity index (χ4n) is 2.27. The van der Waals surface area contributed by atoms with Crippen LogP contribution in [-0.4, -0.2) is 16.1 Å². The van der Waals surface area contributed by atoms with E-state index in [0.717, 1.165) is 12.8 Å². The van der Waals surface area contributed by atoms with Gasteiger partial charge in [0.25, 0.3) is 0 Å². The van der Waals surface area contributed by atoms with Gasteiger partial charge in [-0.2, -0.15) is 0 Å². The van der Waals surface area contributed by atoms with Crippen molar-refractivity contribution in [3.8, 4) is 0 Å². The van der Waals surface area contributed by atoms with Gasteiger partial charge in [0.15, 0.2) is 6.29 Å². The third kappa shape index (κ3) is 14.3. The normalized spacial score (nSPS) is 12.8. The van der Waals surface area contributed by atoms with Gasteiger partial charge in [-0.05, 0) is 44.3 Å². The van der Waals surface area contributed by atoms with Gasteiger partial charge in [-0.15, -0.1) is 0 Å². The lowest BCUT2D eigenvalue weighted by atomic mass is 10.1. The van der Waals surface area contributed by atoms with E-state index in [1.807, 2.05) is 12.2 Å². The summed E-state index contributed by atoms with van der Waals surface area (Å²) in [5, 5.41) is 22.0. The van der Waals surface area contributed by atoms with E-state index in [1.54, 1.807) is 6.29 Å². The average molecular weight is 377 g/mol. The number of hydrogen-bond donors (Lipinski definition) is 0. The lowest BCUT2D eigenvalue weighted by Crippen LogP contribution is -2.02. The minimum atomic E-state index is -0.560. The average Bonchev–Trinajstić information content (AvgIpc) is 2.63. The standard InChI is InChI=1S/C20H29N2O5/c1-2-3-4-5-6-7-8-9-10-11-14-19(21(24)25)16-17-20(22(26)27)15-12-13-18-23/h6-7,9-10,14,17H,2-5,8,11-13,15-16H2,1H3/b7-6-,10-9-,19-14+,20-17+. The summed E-state index contributed by atoms with van der Waals surface area (Å²) >= 11 is 0. The van der Waals surface area contributed by atoms with Crippen molar-refractivity contribution < 1.29 is 14.6 Å². The molecule has 0 heterocycles. The Hall–Kier alpha value is -2.57. The molecule has 0 aliphatic carbocycles. The quantitative estimate of drug-likeness (QED) is 0.154. The molecule has 0 unspecified atom stereocenters. The second-order valence-corrected chi connectivity index (χ2v) is 6.02. The third-order valence-corrected chi connectivity index (χ3v) is 3.80. The second-order valence-electron chi connectivity index (χ2n) is 6.02. The van der Waals surface area contributed by atoms with E-state index in [4.69, 9.17) is 0 Å². The molecule has 0 aromatic carbocycles. The first kappa shape index (κ1) is 24.4. The summed E-state index contributed by atoms with van der Waals surface area (Å²) in [5.74, 6) is 0. The molecule has 0 fully saturated rings. The number of rotatable bonds is 16. The first-order chi connectivity index (χ1) is 13.0. The Balaban J connectivity index is 4.49. The molecule has 0 saturated carbocycles. The minimum absolute atomic E-state index is 0.0731. The van der Waals surface area contributed by atoms with E-state index >= 15 is 0 Å². The largest absolute Gasteiger partial charge is 0.291 e. The molecule has 7 nitrogen and oxygen atoms in total. The molecule has 0 atom stereocenters. The number of nitro groups is 2. The highest BCUT2D eigenvalue weighted by Gasteiger charge is 2.14. The van der Waals surface area contributed by atoms with Crippen molar-refractivity contribution in [2.75, 3.05) is 0 Å². The Morgan fingerprint density at radius 1 is 0.889 bits per heavy atom. The molecule has 0 aromatic heterocycles. The van der Waals surface area contributed by atoms with Crippen molar-refractivity contribution >= 4 is 6.29 Å². The maximum Gasteiger partial charge on any atom is 0.246 e. The maximum atomic E-state index is 11.1. The second kappa shape index (κ2) is 16.9. The zero-order chi connectivity index (χ0) is 20.3. The van der Waals surface area contributed by atoms with E-state index in [9.17, 15) is 25.0 Å². The minimum Gasteiger partial charge on any atom is -0.291 e. The molecule has 0 aliphatic heterocycles. The topological polar surface area (TPSA) is 103 Å². The SMILES string of the molecule is CCCCC/C=C\C/C=C\C/C=C(\C/C=C(\CCC[C]=O)[N+](=O)[O-])[N+](=O)[O-]. The van der Waals surface area contributed by atoms with E-state index in [0.29, 0.717) is 12.8 Å². The van der Waals surface area contributed by atoms with Gasteiger partial charge >= 0.3 is 0 Å². The lowest BCUT2D eigenvalue weighted by Gasteiger charge is -1.97. The van der Waals surface area contributed by atoms with Gasteiger partial charge in [0, 0.05) is 12.8 Å². The molecular weight excluding hydrogens is 348 g/mol. The lowest BCUT2D eigenvalue weighted by molar-refractivity contribution is -0.432. The number of hydrogen-bond acceptors (Lipinski definition) is 5. The highest BCUT2D eigenvalue weighted by Crippen LogP contribution is 2.13. The number of allylic oxidation sites excluding steroid dienone is 7. The summed E-state index contributed by atoms with van der Waals surface area (Å²) in [5.41, 5.74) is -0.183. The smallest absolute Gasteiger partial charge is 0.246 e. The van der Waals surface area contributed by atoms with Crippen LogP contribution in [0.3, 0.4) is 0 Å². The number of carbonyl (C=O) groups excluding carboxylic acids is 1. The van der Waals surface area contributed by atoms with Crippen molar-refractivity contribution in [2.45, 2.75) is 71.1 Å². The Kier molecular flexibility index (Phi) is 15.3. The molecule has 0 aliphatic rings. The van der Waals surface area contributed by atoms with Crippen LogP contribution in [0.4, 0.5) is 0 Å². The van der Waals surface area contributed by atoms with Crippen LogP contribution < -0.4 is 0 Å². The van der Waals surface area contributed by atoms with Crippen LogP contribution in [0.1, 0.15) is 71.1 Å². The van der Waals surface area contributed by atoms with E-state index < -0.39 is 9.85 Å². The summed E-state index contributed by atoms with van der Waals surface area (Å²) in [4.78, 5) is 31.1. The Labute approximate surface area is 160 Å². The zero-order valence-electron chi connectivity index (χ0n) is 16.0. The van der Waals surface area contributed by atoms with Crippen LogP contribution in [0.2, 0.25) is 0 Å². The van der Waals surface area contributed by atoms with Crippen molar-refractivity contribution in [2.24, 2.45) is 0 Å². The van der Waals surface area contributed by atoms with Crippen LogP contribution >= 0.6 is 0 Å². The van der Waals surface area contributed by atoms with Gasteiger partial charge in [0.05, 0.1) is 16.3 Å².